The molecule has 1 aromatic carbocycles. The van der Waals surface area contributed by atoms with Crippen molar-refractivity contribution >= 4 is 19.2 Å². The maximum absolute atomic E-state index is 13.8. The van der Waals surface area contributed by atoms with Gasteiger partial charge in [-0.25, -0.2) is 22.8 Å². The molecule has 0 bridgehead atoms. The summed E-state index contributed by atoms with van der Waals surface area (Å²) in [7, 11) is -4.85. The predicted molar refractivity (Wildman–Crippen MR) is 207 cm³/mol. The Morgan fingerprint density at radius 3 is 2.09 bits per heavy atom. The van der Waals surface area contributed by atoms with Crippen LogP contribution in [0.3, 0.4) is 0 Å². The number of fused-ring (bicyclic) bond motifs is 2. The summed E-state index contributed by atoms with van der Waals surface area (Å²) < 4.78 is 70.3. The van der Waals surface area contributed by atoms with E-state index in [9.17, 15) is 28.5 Å². The van der Waals surface area contributed by atoms with Gasteiger partial charge >= 0.3 is 7.82 Å². The smallest absolute Gasteiger partial charge is 0.386 e. The molecule has 2 unspecified atom stereocenters. The molecule has 2 aromatic heterocycles. The lowest BCUT2D eigenvalue weighted by Crippen LogP contribution is -2.46. The number of aliphatic hydroxyl groups excluding tert-OH is 1. The fourth-order valence-electron chi connectivity index (χ4n) is 7.61. The van der Waals surface area contributed by atoms with Crippen LogP contribution in [0.1, 0.15) is 128 Å². The second kappa shape index (κ2) is 20.9. The number of hydrogen-bond acceptors (Lipinski definition) is 11. The van der Waals surface area contributed by atoms with Crippen molar-refractivity contribution in [2.75, 3.05) is 25.6 Å². The first kappa shape index (κ1) is 44.5. The van der Waals surface area contributed by atoms with Crippen LogP contribution in [0, 0.1) is 11.6 Å². The molecule has 3 aromatic rings. The van der Waals surface area contributed by atoms with Gasteiger partial charge in [0.25, 0.3) is 0 Å². The van der Waals surface area contributed by atoms with Crippen LogP contribution in [0.5, 0.6) is 0 Å². The molecule has 13 nitrogen and oxygen atoms in total. The number of aliphatic hydroxyl groups is 2. The lowest BCUT2D eigenvalue weighted by atomic mass is 9.91. The Hall–Kier alpha value is -2.59. The number of unbranched alkanes of at least 4 members (excludes halogenated alkanes) is 15. The Kier molecular flexibility index (Phi) is 16.6. The van der Waals surface area contributed by atoms with E-state index < -0.39 is 61.7 Å². The van der Waals surface area contributed by atoms with Gasteiger partial charge in [0.1, 0.15) is 53.5 Å². The summed E-state index contributed by atoms with van der Waals surface area (Å²) >= 11 is 0. The second-order valence-electron chi connectivity index (χ2n) is 15.5. The first-order valence-electron chi connectivity index (χ1n) is 20.4. The largest absolute Gasteiger partial charge is 0.472 e. The van der Waals surface area contributed by atoms with Crippen LogP contribution in [0.25, 0.3) is 5.52 Å². The molecule has 314 valence electrons. The molecule has 56 heavy (non-hydrogen) atoms. The van der Waals surface area contributed by atoms with E-state index in [1.807, 2.05) is 0 Å². The molecule has 2 fully saturated rings. The van der Waals surface area contributed by atoms with Gasteiger partial charge in [0, 0.05) is 12.7 Å². The van der Waals surface area contributed by atoms with Gasteiger partial charge < -0.3 is 35.1 Å². The number of ether oxygens (including phenoxy) is 3. The fourth-order valence-corrected chi connectivity index (χ4v) is 8.59. The number of aromatic nitrogens is 3. The van der Waals surface area contributed by atoms with Crippen molar-refractivity contribution in [1.29, 1.82) is 0 Å². The van der Waals surface area contributed by atoms with Gasteiger partial charge in [-0.05, 0) is 43.2 Å². The molecule has 1 aliphatic carbocycles. The van der Waals surface area contributed by atoms with E-state index in [1.54, 1.807) is 19.1 Å². The molecule has 0 spiro atoms. The highest BCUT2D eigenvalue weighted by Crippen LogP contribution is 2.63. The van der Waals surface area contributed by atoms with E-state index in [4.69, 9.17) is 29.0 Å². The van der Waals surface area contributed by atoms with Crippen LogP contribution >= 0.6 is 7.82 Å². The van der Waals surface area contributed by atoms with Crippen molar-refractivity contribution in [1.82, 2.24) is 14.6 Å². The van der Waals surface area contributed by atoms with Crippen molar-refractivity contribution in [2.45, 2.75) is 159 Å². The Bertz CT molecular complexity index is 1700. The normalized spacial score (nSPS) is 24.7. The molecule has 16 heteroatoms. The third kappa shape index (κ3) is 11.8. The summed E-state index contributed by atoms with van der Waals surface area (Å²) in [4.78, 5) is 14.6. The van der Waals surface area contributed by atoms with Gasteiger partial charge in [-0.2, -0.15) is 5.10 Å². The highest BCUT2D eigenvalue weighted by molar-refractivity contribution is 7.47. The monoisotopic (exact) mass is 810 g/mol. The second-order valence-corrected chi connectivity index (χ2v) is 16.9. The third-order valence-electron chi connectivity index (χ3n) is 10.9. The molecular weight excluding hydrogens is 749 g/mol. The SMILES string of the molecule is CCCCCCCCCCCCCCCCCCOC[C@H](COP(=O)(O)OC1[C@H]2O[C@@](C)(c3ccc4c(N)ncnn34)[C@H](O)[C@@]12O)OCc1cc(F)cc(F)c1. The standard InChI is InChI=1S/C40H61F2N4O9P/c1-3-4-5-6-7-8-9-10-11-12-13-14-15-16-17-18-21-51-26-32(52-25-29-22-30(41)24-31(42)23-29)27-53-56(49,50)55-36-35-40(36,48)38(47)39(2,54-35)34-20-19-33-37(43)44-28-45-46(33)34/h19-20,22-24,28,32,35-36,38,47-48H,3-18,21,25-27H2,1-2H3,(H,49,50)(H2,43,44,45)/t32-,35-,36?,38+,39+,40+/m1/s1. The average molecular weight is 811 g/mol. The molecule has 5 N–H and O–H groups in total. The minimum absolute atomic E-state index is 0.0218. The molecule has 5 rings (SSSR count). The van der Waals surface area contributed by atoms with E-state index in [0.29, 0.717) is 17.8 Å². The Balaban J connectivity index is 1.02. The Morgan fingerprint density at radius 2 is 1.52 bits per heavy atom. The van der Waals surface area contributed by atoms with Crippen molar-refractivity contribution in [2.24, 2.45) is 0 Å². The molecule has 2 aliphatic rings. The lowest BCUT2D eigenvalue weighted by molar-refractivity contribution is -0.127. The summed E-state index contributed by atoms with van der Waals surface area (Å²) in [5.74, 6) is -1.32. The summed E-state index contributed by atoms with van der Waals surface area (Å²) in [5.41, 5.74) is 3.53. The van der Waals surface area contributed by atoms with Gasteiger partial charge in [-0.3, -0.25) is 9.05 Å². The highest BCUT2D eigenvalue weighted by Gasteiger charge is 2.82. The minimum Gasteiger partial charge on any atom is -0.386 e. The van der Waals surface area contributed by atoms with Crippen LogP contribution in [-0.4, -0.2) is 79.5 Å². The first-order chi connectivity index (χ1) is 26.9. The van der Waals surface area contributed by atoms with Gasteiger partial charge in [0.15, 0.2) is 11.4 Å². The zero-order valence-corrected chi connectivity index (χ0v) is 33.7. The summed E-state index contributed by atoms with van der Waals surface area (Å²) in [6.45, 7) is 3.53. The minimum atomic E-state index is -4.85. The first-order valence-corrected chi connectivity index (χ1v) is 21.9. The van der Waals surface area contributed by atoms with Gasteiger partial charge in [-0.1, -0.05) is 103 Å². The number of halogens is 2. The quantitative estimate of drug-likeness (QED) is 0.0416. The van der Waals surface area contributed by atoms with Gasteiger partial charge in [0.2, 0.25) is 0 Å². The van der Waals surface area contributed by atoms with Crippen molar-refractivity contribution < 1.29 is 51.7 Å². The molecule has 1 aliphatic heterocycles. The van der Waals surface area contributed by atoms with Crippen molar-refractivity contribution in [3.63, 3.8) is 0 Å². The van der Waals surface area contributed by atoms with Crippen molar-refractivity contribution in [3.8, 4) is 0 Å². The number of nitrogens with zero attached hydrogens (tertiary/aromatic N) is 3. The number of phosphoric ester groups is 1. The number of anilines is 1. The van der Waals surface area contributed by atoms with Gasteiger partial charge in [-0.15, -0.1) is 0 Å². The zero-order valence-electron chi connectivity index (χ0n) is 32.8. The maximum Gasteiger partial charge on any atom is 0.472 e. The van der Waals surface area contributed by atoms with Crippen LogP contribution in [0.2, 0.25) is 0 Å². The summed E-state index contributed by atoms with van der Waals surface area (Å²) in [6.07, 6.45) is 16.3. The number of nitrogen functional groups attached to an aromatic ring is 1. The fraction of sp³-hybridized carbons (Fsp3) is 0.700. The Morgan fingerprint density at radius 1 is 0.929 bits per heavy atom. The lowest BCUT2D eigenvalue weighted by Gasteiger charge is -2.32. The average Bonchev–Trinajstić information content (AvgIpc) is 3.40. The summed E-state index contributed by atoms with van der Waals surface area (Å²) in [5, 5.41) is 26.7. The summed E-state index contributed by atoms with van der Waals surface area (Å²) in [6, 6.07) is 6.29. The van der Waals surface area contributed by atoms with E-state index in [2.05, 4.69) is 17.0 Å². The number of benzene rings is 1. The molecule has 3 heterocycles. The third-order valence-corrected chi connectivity index (χ3v) is 11.9. The molecule has 1 saturated carbocycles. The molecule has 0 radical (unpaired) electrons. The Labute approximate surface area is 328 Å². The van der Waals surface area contributed by atoms with E-state index in [-0.39, 0.29) is 24.6 Å². The molecular formula is C40H61F2N4O9P. The van der Waals surface area contributed by atoms with E-state index >= 15 is 0 Å². The van der Waals surface area contributed by atoms with Crippen molar-refractivity contribution in [3.05, 3.63) is 59.6 Å². The highest BCUT2D eigenvalue weighted by atomic mass is 31.2. The van der Waals surface area contributed by atoms with Crippen LogP contribution in [0.15, 0.2) is 36.7 Å². The molecule has 1 saturated heterocycles. The molecule has 0 amide bonds. The van der Waals surface area contributed by atoms with Crippen LogP contribution in [0.4, 0.5) is 14.6 Å². The van der Waals surface area contributed by atoms with E-state index in [0.717, 1.165) is 37.5 Å². The number of rotatable bonds is 28. The van der Waals surface area contributed by atoms with Crippen LogP contribution in [-0.2, 0) is 40.0 Å². The topological polar surface area (TPSA) is 180 Å². The van der Waals surface area contributed by atoms with Crippen LogP contribution < -0.4 is 5.73 Å². The predicted octanol–water partition coefficient (Wildman–Crippen LogP) is 7.68. The van der Waals surface area contributed by atoms with E-state index in [1.165, 1.54) is 94.3 Å². The molecule has 7 atom stereocenters. The number of phosphoric acid groups is 1. The number of hydrogen-bond donors (Lipinski definition) is 4. The zero-order chi connectivity index (χ0) is 40.2. The number of nitrogens with two attached hydrogens (primary N) is 1. The van der Waals surface area contributed by atoms with Gasteiger partial charge in [0.05, 0.1) is 25.5 Å². The maximum atomic E-state index is 13.8.